The van der Waals surface area contributed by atoms with Crippen molar-refractivity contribution in [1.29, 1.82) is 0 Å². The van der Waals surface area contributed by atoms with Gasteiger partial charge in [0.15, 0.2) is 11.6 Å². The number of nitrogens with one attached hydrogen (secondary N) is 2. The van der Waals surface area contributed by atoms with Crippen LogP contribution < -0.4 is 5.32 Å². The number of fused-ring (bicyclic) bond motifs is 1. The van der Waals surface area contributed by atoms with Gasteiger partial charge in [-0.3, -0.25) is 4.79 Å². The Morgan fingerprint density at radius 2 is 1.82 bits per heavy atom. The number of benzene rings is 2. The van der Waals surface area contributed by atoms with E-state index in [9.17, 15) is 13.6 Å². The number of carbonyl (C=O) groups excluding carboxylic acids is 1. The second-order valence-corrected chi connectivity index (χ2v) is 5.02. The lowest BCUT2D eigenvalue weighted by Crippen LogP contribution is -2.11. The fourth-order valence-corrected chi connectivity index (χ4v) is 2.31. The highest BCUT2D eigenvalue weighted by molar-refractivity contribution is 6.09. The van der Waals surface area contributed by atoms with Crippen LogP contribution in [-0.4, -0.2) is 10.9 Å². The van der Waals surface area contributed by atoms with Gasteiger partial charge >= 0.3 is 0 Å². The summed E-state index contributed by atoms with van der Waals surface area (Å²) in [5, 5.41) is 3.13. The van der Waals surface area contributed by atoms with Crippen molar-refractivity contribution in [3.63, 3.8) is 0 Å². The Morgan fingerprint density at radius 1 is 1.14 bits per heavy atom. The van der Waals surface area contributed by atoms with Crippen molar-refractivity contribution in [2.75, 3.05) is 5.32 Å². The summed E-state index contributed by atoms with van der Waals surface area (Å²) in [6.07, 6.45) is 2.41. The molecule has 0 saturated heterocycles. The maximum atomic E-state index is 13.3. The summed E-state index contributed by atoms with van der Waals surface area (Å²) in [6.45, 7) is 2.04. The number of amides is 1. The Labute approximate surface area is 126 Å². The van der Waals surface area contributed by atoms with Gasteiger partial charge < -0.3 is 10.3 Å². The van der Waals surface area contributed by atoms with Gasteiger partial charge in [-0.25, -0.2) is 8.78 Å². The molecule has 5 heteroatoms. The van der Waals surface area contributed by atoms with E-state index in [-0.39, 0.29) is 5.91 Å². The number of aromatic amines is 1. The van der Waals surface area contributed by atoms with Gasteiger partial charge in [0.25, 0.3) is 5.91 Å². The number of aromatic nitrogens is 1. The molecule has 0 bridgehead atoms. The molecule has 112 valence electrons. The third-order valence-corrected chi connectivity index (χ3v) is 3.60. The normalized spacial score (nSPS) is 10.9. The molecule has 2 N–H and O–H groups in total. The highest BCUT2D eigenvalue weighted by atomic mass is 19.2. The van der Waals surface area contributed by atoms with Crippen LogP contribution in [0.25, 0.3) is 10.9 Å². The molecular weight excluding hydrogens is 286 g/mol. The Hall–Kier alpha value is -2.69. The van der Waals surface area contributed by atoms with E-state index >= 15 is 0 Å². The predicted octanol–water partition coefficient (Wildman–Crippen LogP) is 4.26. The topological polar surface area (TPSA) is 44.9 Å². The second-order valence-electron chi connectivity index (χ2n) is 5.02. The zero-order valence-electron chi connectivity index (χ0n) is 11.9. The average molecular weight is 300 g/mol. The molecule has 0 spiro atoms. The first-order valence-corrected chi connectivity index (χ1v) is 6.95. The monoisotopic (exact) mass is 300 g/mol. The van der Waals surface area contributed by atoms with Crippen molar-refractivity contribution < 1.29 is 13.6 Å². The Kier molecular flexibility index (Phi) is 3.63. The number of carbonyl (C=O) groups is 1. The van der Waals surface area contributed by atoms with Crippen molar-refractivity contribution in [1.82, 2.24) is 4.98 Å². The van der Waals surface area contributed by atoms with Gasteiger partial charge in [-0.2, -0.15) is 0 Å². The Morgan fingerprint density at radius 3 is 2.50 bits per heavy atom. The van der Waals surface area contributed by atoms with Crippen LogP contribution in [0.2, 0.25) is 0 Å². The highest BCUT2D eigenvalue weighted by Crippen LogP contribution is 2.26. The average Bonchev–Trinajstić information content (AvgIpc) is 2.90. The van der Waals surface area contributed by atoms with Crippen LogP contribution in [0.15, 0.2) is 42.6 Å². The van der Waals surface area contributed by atoms with Gasteiger partial charge in [-0.1, -0.05) is 19.1 Å². The molecule has 0 atom stereocenters. The fraction of sp³-hybridized carbons (Fsp3) is 0.118. The maximum absolute atomic E-state index is 13.3. The van der Waals surface area contributed by atoms with Gasteiger partial charge in [0.2, 0.25) is 0 Å². The van der Waals surface area contributed by atoms with Crippen LogP contribution >= 0.6 is 0 Å². The molecule has 0 fully saturated rings. The summed E-state index contributed by atoms with van der Waals surface area (Å²) in [4.78, 5) is 15.0. The van der Waals surface area contributed by atoms with Crippen LogP contribution in [0.4, 0.5) is 14.5 Å². The van der Waals surface area contributed by atoms with E-state index in [2.05, 4.69) is 10.3 Å². The van der Waals surface area contributed by atoms with Crippen molar-refractivity contribution in [3.05, 3.63) is 65.4 Å². The van der Waals surface area contributed by atoms with Crippen LogP contribution in [0.5, 0.6) is 0 Å². The van der Waals surface area contributed by atoms with E-state index in [1.807, 2.05) is 19.1 Å². The molecule has 0 radical (unpaired) electrons. The standard InChI is InChI=1S/C17H14F2N2O/c1-2-10-3-5-11(6-4-10)17(22)21-16-9-20-15-8-14(19)13(18)7-12(15)16/h3-9,20H,2H2,1H3,(H,21,22). The lowest BCUT2D eigenvalue weighted by atomic mass is 10.1. The molecule has 3 aromatic rings. The van der Waals surface area contributed by atoms with Crippen LogP contribution in [-0.2, 0) is 6.42 Å². The number of rotatable bonds is 3. The number of hydrogen-bond acceptors (Lipinski definition) is 1. The van der Waals surface area contributed by atoms with E-state index in [1.54, 1.807) is 12.1 Å². The first kappa shape index (κ1) is 14.3. The fourth-order valence-electron chi connectivity index (χ4n) is 2.31. The second kappa shape index (κ2) is 5.60. The summed E-state index contributed by atoms with van der Waals surface area (Å²) in [5.74, 6) is -2.18. The lowest BCUT2D eigenvalue weighted by Gasteiger charge is -2.05. The molecule has 22 heavy (non-hydrogen) atoms. The quantitative estimate of drug-likeness (QED) is 0.746. The maximum Gasteiger partial charge on any atom is 0.255 e. The van der Waals surface area contributed by atoms with Gasteiger partial charge in [-0.05, 0) is 30.2 Å². The minimum absolute atomic E-state index is 0.298. The zero-order chi connectivity index (χ0) is 15.7. The lowest BCUT2D eigenvalue weighted by molar-refractivity contribution is 0.102. The molecule has 1 heterocycles. The van der Waals surface area contributed by atoms with Crippen molar-refractivity contribution in [2.45, 2.75) is 13.3 Å². The summed E-state index contributed by atoms with van der Waals surface area (Å²) in [5.41, 5.74) is 2.49. The smallest absolute Gasteiger partial charge is 0.255 e. The molecule has 1 amide bonds. The summed E-state index contributed by atoms with van der Waals surface area (Å²) in [7, 11) is 0. The third-order valence-electron chi connectivity index (χ3n) is 3.60. The Bertz CT molecular complexity index is 838. The first-order chi connectivity index (χ1) is 10.6. The zero-order valence-corrected chi connectivity index (χ0v) is 11.9. The molecule has 0 aliphatic heterocycles. The number of H-pyrrole nitrogens is 1. The number of hydrogen-bond donors (Lipinski definition) is 2. The molecule has 0 aliphatic rings. The third kappa shape index (κ3) is 2.57. The SMILES string of the molecule is CCc1ccc(C(=O)Nc2c[nH]c3cc(F)c(F)cc23)cc1. The minimum Gasteiger partial charge on any atom is -0.359 e. The van der Waals surface area contributed by atoms with E-state index in [4.69, 9.17) is 0 Å². The molecule has 0 aliphatic carbocycles. The molecule has 0 saturated carbocycles. The van der Waals surface area contributed by atoms with Crippen LogP contribution in [0.3, 0.4) is 0 Å². The molecule has 1 aromatic heterocycles. The van der Waals surface area contributed by atoms with E-state index in [0.717, 1.165) is 24.1 Å². The molecular formula is C17H14F2N2O. The van der Waals surface area contributed by atoms with Crippen molar-refractivity contribution in [2.24, 2.45) is 0 Å². The summed E-state index contributed by atoms with van der Waals surface area (Å²) in [6, 6.07) is 9.39. The van der Waals surface area contributed by atoms with E-state index in [1.165, 1.54) is 6.20 Å². The van der Waals surface area contributed by atoms with Gasteiger partial charge in [-0.15, -0.1) is 0 Å². The molecule has 0 unspecified atom stereocenters. The Balaban J connectivity index is 1.88. The summed E-state index contributed by atoms with van der Waals surface area (Å²) < 4.78 is 26.5. The van der Waals surface area contributed by atoms with Crippen LogP contribution in [0, 0.1) is 11.6 Å². The number of halogens is 2. The number of anilines is 1. The molecule has 2 aromatic carbocycles. The first-order valence-electron chi connectivity index (χ1n) is 6.95. The van der Waals surface area contributed by atoms with E-state index in [0.29, 0.717) is 22.2 Å². The largest absolute Gasteiger partial charge is 0.359 e. The molecule has 3 nitrogen and oxygen atoms in total. The van der Waals surface area contributed by atoms with Crippen molar-refractivity contribution >= 4 is 22.5 Å². The van der Waals surface area contributed by atoms with Gasteiger partial charge in [0, 0.05) is 23.2 Å². The van der Waals surface area contributed by atoms with Gasteiger partial charge in [0.1, 0.15) is 0 Å². The summed E-state index contributed by atoms with van der Waals surface area (Å²) >= 11 is 0. The highest BCUT2D eigenvalue weighted by Gasteiger charge is 2.12. The predicted molar refractivity (Wildman–Crippen MR) is 82.0 cm³/mol. The van der Waals surface area contributed by atoms with Gasteiger partial charge in [0.05, 0.1) is 11.2 Å². The van der Waals surface area contributed by atoms with E-state index < -0.39 is 11.6 Å². The van der Waals surface area contributed by atoms with Crippen molar-refractivity contribution in [3.8, 4) is 0 Å². The minimum atomic E-state index is -0.949. The van der Waals surface area contributed by atoms with Crippen LogP contribution in [0.1, 0.15) is 22.8 Å². The number of aryl methyl sites for hydroxylation is 1. The molecule has 3 rings (SSSR count).